The van der Waals surface area contributed by atoms with Crippen molar-refractivity contribution in [3.63, 3.8) is 0 Å². The lowest BCUT2D eigenvalue weighted by Crippen LogP contribution is -2.35. The molecule has 1 aliphatic rings. The van der Waals surface area contributed by atoms with Gasteiger partial charge in [-0.25, -0.2) is 4.39 Å². The number of benzene rings is 1. The van der Waals surface area contributed by atoms with E-state index in [1.807, 2.05) is 0 Å². The number of aromatic hydroxyl groups is 1. The summed E-state index contributed by atoms with van der Waals surface area (Å²) in [6.07, 6.45) is 2.02. The SMILES string of the molecule is CN(CC1CCCOC1)C(=O)c1cc(F)ccc1O. The summed E-state index contributed by atoms with van der Waals surface area (Å²) in [5.74, 6) is -0.797. The lowest BCUT2D eigenvalue weighted by molar-refractivity contribution is 0.0387. The van der Waals surface area contributed by atoms with Crippen molar-refractivity contribution < 1.29 is 19.0 Å². The van der Waals surface area contributed by atoms with Gasteiger partial charge in [0.25, 0.3) is 5.91 Å². The quantitative estimate of drug-likeness (QED) is 0.911. The summed E-state index contributed by atoms with van der Waals surface area (Å²) in [5.41, 5.74) is -0.000715. The Balaban J connectivity index is 2.03. The molecule has 0 aromatic heterocycles. The molecule has 19 heavy (non-hydrogen) atoms. The van der Waals surface area contributed by atoms with Crippen LogP contribution in [0.25, 0.3) is 0 Å². The molecule has 1 fully saturated rings. The average molecular weight is 267 g/mol. The van der Waals surface area contributed by atoms with Crippen LogP contribution in [0.5, 0.6) is 5.75 Å². The zero-order valence-electron chi connectivity index (χ0n) is 10.9. The molecule has 1 aliphatic heterocycles. The zero-order valence-corrected chi connectivity index (χ0v) is 10.9. The lowest BCUT2D eigenvalue weighted by Gasteiger charge is -2.27. The molecule has 1 aromatic carbocycles. The Labute approximate surface area is 111 Å². The van der Waals surface area contributed by atoms with Gasteiger partial charge in [-0.1, -0.05) is 0 Å². The fourth-order valence-corrected chi connectivity index (χ4v) is 2.31. The van der Waals surface area contributed by atoms with Crippen molar-refractivity contribution in [2.45, 2.75) is 12.8 Å². The third kappa shape index (κ3) is 3.44. The van der Waals surface area contributed by atoms with E-state index in [-0.39, 0.29) is 17.2 Å². The third-order valence-electron chi connectivity index (χ3n) is 3.32. The van der Waals surface area contributed by atoms with Crippen LogP contribution in [0.15, 0.2) is 18.2 Å². The lowest BCUT2D eigenvalue weighted by atomic mass is 10.0. The van der Waals surface area contributed by atoms with Gasteiger partial charge in [-0.15, -0.1) is 0 Å². The number of halogens is 1. The number of hydrogen-bond acceptors (Lipinski definition) is 3. The molecule has 1 amide bonds. The second kappa shape index (κ2) is 6.02. The second-order valence-corrected chi connectivity index (χ2v) is 4.93. The van der Waals surface area contributed by atoms with Crippen LogP contribution < -0.4 is 0 Å². The predicted molar refractivity (Wildman–Crippen MR) is 68.6 cm³/mol. The van der Waals surface area contributed by atoms with Crippen LogP contribution in [0.1, 0.15) is 23.2 Å². The summed E-state index contributed by atoms with van der Waals surface area (Å²) >= 11 is 0. The highest BCUT2D eigenvalue weighted by atomic mass is 19.1. The number of carbonyl (C=O) groups excluding carboxylic acids is 1. The minimum atomic E-state index is -0.532. The maximum atomic E-state index is 13.1. The minimum absolute atomic E-state index is 0.000715. The van der Waals surface area contributed by atoms with Gasteiger partial charge in [0.2, 0.25) is 0 Å². The smallest absolute Gasteiger partial charge is 0.257 e. The Morgan fingerprint density at radius 2 is 2.37 bits per heavy atom. The first kappa shape index (κ1) is 13.8. The summed E-state index contributed by atoms with van der Waals surface area (Å²) in [6, 6.07) is 3.38. The van der Waals surface area contributed by atoms with Crippen LogP contribution in [0.2, 0.25) is 0 Å². The van der Waals surface area contributed by atoms with Crippen molar-refractivity contribution in [3.8, 4) is 5.75 Å². The summed E-state index contributed by atoms with van der Waals surface area (Å²) < 4.78 is 18.5. The molecule has 0 bridgehead atoms. The van der Waals surface area contributed by atoms with E-state index in [0.717, 1.165) is 31.6 Å². The number of carbonyl (C=O) groups is 1. The van der Waals surface area contributed by atoms with Crippen LogP contribution >= 0.6 is 0 Å². The van der Waals surface area contributed by atoms with Crippen LogP contribution in [0.4, 0.5) is 4.39 Å². The van der Waals surface area contributed by atoms with E-state index in [4.69, 9.17) is 4.74 Å². The first-order valence-electron chi connectivity index (χ1n) is 6.39. The maximum Gasteiger partial charge on any atom is 0.257 e. The van der Waals surface area contributed by atoms with Crippen LogP contribution in [-0.4, -0.2) is 42.7 Å². The number of hydrogen-bond donors (Lipinski definition) is 1. The topological polar surface area (TPSA) is 49.8 Å². The van der Waals surface area contributed by atoms with Gasteiger partial charge in [0.15, 0.2) is 0 Å². The van der Waals surface area contributed by atoms with Crippen molar-refractivity contribution >= 4 is 5.91 Å². The highest BCUT2D eigenvalue weighted by molar-refractivity contribution is 5.96. The molecule has 1 N–H and O–H groups in total. The first-order chi connectivity index (χ1) is 9.08. The molecule has 0 spiro atoms. The van der Waals surface area contributed by atoms with Gasteiger partial charge in [0.1, 0.15) is 11.6 Å². The molecular weight excluding hydrogens is 249 g/mol. The first-order valence-corrected chi connectivity index (χ1v) is 6.39. The highest BCUT2D eigenvalue weighted by Crippen LogP contribution is 2.21. The molecule has 0 radical (unpaired) electrons. The summed E-state index contributed by atoms with van der Waals surface area (Å²) in [5, 5.41) is 9.62. The molecule has 1 unspecified atom stereocenters. The molecule has 104 valence electrons. The molecule has 5 heteroatoms. The largest absolute Gasteiger partial charge is 0.507 e. The minimum Gasteiger partial charge on any atom is -0.507 e. The Morgan fingerprint density at radius 3 is 3.05 bits per heavy atom. The van der Waals surface area contributed by atoms with E-state index in [2.05, 4.69) is 0 Å². The fraction of sp³-hybridized carbons (Fsp3) is 0.500. The van der Waals surface area contributed by atoms with E-state index < -0.39 is 5.82 Å². The standard InChI is InChI=1S/C14H18FNO3/c1-16(8-10-3-2-6-19-9-10)14(18)12-7-11(15)4-5-13(12)17/h4-5,7,10,17H,2-3,6,8-9H2,1H3. The van der Waals surface area contributed by atoms with E-state index in [0.29, 0.717) is 19.1 Å². The van der Waals surface area contributed by atoms with E-state index >= 15 is 0 Å². The average Bonchev–Trinajstić information content (AvgIpc) is 2.42. The summed E-state index contributed by atoms with van der Waals surface area (Å²) in [7, 11) is 1.65. The molecule has 1 aromatic rings. The Bertz CT molecular complexity index is 458. The molecule has 1 heterocycles. The molecule has 2 rings (SSSR count). The van der Waals surface area contributed by atoms with Gasteiger partial charge < -0.3 is 14.7 Å². The normalized spacial score (nSPS) is 19.2. The molecule has 0 aliphatic carbocycles. The van der Waals surface area contributed by atoms with Gasteiger partial charge in [-0.3, -0.25) is 4.79 Å². The molecule has 1 atom stereocenters. The maximum absolute atomic E-state index is 13.1. The van der Waals surface area contributed by atoms with Crippen LogP contribution in [-0.2, 0) is 4.74 Å². The van der Waals surface area contributed by atoms with Gasteiger partial charge in [0.05, 0.1) is 12.2 Å². The van der Waals surface area contributed by atoms with Gasteiger partial charge in [-0.05, 0) is 37.0 Å². The Hall–Kier alpha value is -1.62. The van der Waals surface area contributed by atoms with Gasteiger partial charge in [-0.2, -0.15) is 0 Å². The predicted octanol–water partition coefficient (Wildman–Crippen LogP) is 2.03. The molecule has 4 nitrogen and oxygen atoms in total. The highest BCUT2D eigenvalue weighted by Gasteiger charge is 2.21. The number of amides is 1. The van der Waals surface area contributed by atoms with Crippen molar-refractivity contribution in [2.24, 2.45) is 5.92 Å². The second-order valence-electron chi connectivity index (χ2n) is 4.93. The van der Waals surface area contributed by atoms with E-state index in [1.54, 1.807) is 7.05 Å². The number of rotatable bonds is 3. The van der Waals surface area contributed by atoms with Crippen molar-refractivity contribution in [1.29, 1.82) is 0 Å². The van der Waals surface area contributed by atoms with Crippen LogP contribution in [0, 0.1) is 11.7 Å². The molecular formula is C14H18FNO3. The van der Waals surface area contributed by atoms with Crippen molar-refractivity contribution in [3.05, 3.63) is 29.6 Å². The molecule has 0 saturated carbocycles. The molecule has 1 saturated heterocycles. The third-order valence-corrected chi connectivity index (χ3v) is 3.32. The Kier molecular flexibility index (Phi) is 4.37. The number of phenolic OH excluding ortho intramolecular Hbond substituents is 1. The van der Waals surface area contributed by atoms with Gasteiger partial charge >= 0.3 is 0 Å². The van der Waals surface area contributed by atoms with Crippen molar-refractivity contribution in [2.75, 3.05) is 26.8 Å². The number of phenols is 1. The number of ether oxygens (including phenoxy) is 1. The summed E-state index contributed by atoms with van der Waals surface area (Å²) in [4.78, 5) is 13.7. The zero-order chi connectivity index (χ0) is 13.8. The van der Waals surface area contributed by atoms with E-state index in [1.165, 1.54) is 11.0 Å². The van der Waals surface area contributed by atoms with E-state index in [9.17, 15) is 14.3 Å². The van der Waals surface area contributed by atoms with Gasteiger partial charge in [0, 0.05) is 20.2 Å². The Morgan fingerprint density at radius 1 is 1.58 bits per heavy atom. The van der Waals surface area contributed by atoms with Crippen molar-refractivity contribution in [1.82, 2.24) is 4.90 Å². The summed E-state index contributed by atoms with van der Waals surface area (Å²) in [6.45, 7) is 1.97. The monoisotopic (exact) mass is 267 g/mol. The number of nitrogens with zero attached hydrogens (tertiary/aromatic N) is 1. The fourth-order valence-electron chi connectivity index (χ4n) is 2.31. The van der Waals surface area contributed by atoms with Crippen LogP contribution in [0.3, 0.4) is 0 Å².